The minimum Gasteiger partial charge on any atom is -0.271 e. The fourth-order valence-electron chi connectivity index (χ4n) is 1.62. The molecule has 0 aliphatic heterocycles. The van der Waals surface area contributed by atoms with Crippen molar-refractivity contribution >= 4 is 33.0 Å². The third-order valence-corrected chi connectivity index (χ3v) is 6.09. The van der Waals surface area contributed by atoms with Crippen molar-refractivity contribution in [1.29, 1.82) is 0 Å². The van der Waals surface area contributed by atoms with Gasteiger partial charge in [-0.15, -0.1) is 0 Å². The number of nitrogens with one attached hydrogen (secondary N) is 1. The van der Waals surface area contributed by atoms with Crippen LogP contribution in [-0.4, -0.2) is 19.4 Å². The highest BCUT2D eigenvalue weighted by atomic mass is 35.5. The molecular formula is C11H16Cl2N2O2S. The van der Waals surface area contributed by atoms with Gasteiger partial charge in [0.15, 0.2) is 9.84 Å². The van der Waals surface area contributed by atoms with Crippen LogP contribution in [0.3, 0.4) is 0 Å². The van der Waals surface area contributed by atoms with Crippen LogP contribution in [0.25, 0.3) is 0 Å². The first-order chi connectivity index (χ1) is 8.13. The minimum atomic E-state index is -3.34. The van der Waals surface area contributed by atoms with Crippen LogP contribution in [0.2, 0.25) is 10.0 Å². The third kappa shape index (κ3) is 2.81. The average molecular weight is 311 g/mol. The molecule has 0 aliphatic rings. The summed E-state index contributed by atoms with van der Waals surface area (Å²) in [6, 6.07) is 4.38. The Morgan fingerprint density at radius 1 is 1.33 bits per heavy atom. The fraction of sp³-hybridized carbons (Fsp3) is 0.455. The van der Waals surface area contributed by atoms with Gasteiger partial charge in [0.25, 0.3) is 0 Å². The van der Waals surface area contributed by atoms with Crippen molar-refractivity contribution in [2.45, 2.75) is 24.6 Å². The van der Waals surface area contributed by atoms with Gasteiger partial charge in [0, 0.05) is 6.26 Å². The van der Waals surface area contributed by atoms with Gasteiger partial charge in [-0.25, -0.2) is 8.42 Å². The van der Waals surface area contributed by atoms with E-state index in [0.717, 1.165) is 6.26 Å². The summed E-state index contributed by atoms with van der Waals surface area (Å²) in [6.45, 7) is 3.17. The zero-order valence-corrected chi connectivity index (χ0v) is 12.7. The number of nitrogens with two attached hydrogens (primary N) is 1. The van der Waals surface area contributed by atoms with Crippen LogP contribution in [0.4, 0.5) is 0 Å². The molecule has 0 fully saturated rings. The van der Waals surface area contributed by atoms with Gasteiger partial charge in [0.05, 0.1) is 20.8 Å². The molecule has 0 aliphatic carbocycles. The van der Waals surface area contributed by atoms with Crippen molar-refractivity contribution in [3.8, 4) is 0 Å². The van der Waals surface area contributed by atoms with Crippen LogP contribution >= 0.6 is 23.2 Å². The fourth-order valence-corrected chi connectivity index (χ4v) is 2.66. The van der Waals surface area contributed by atoms with Crippen LogP contribution in [-0.2, 0) is 9.84 Å². The van der Waals surface area contributed by atoms with Crippen LogP contribution < -0.4 is 11.3 Å². The largest absolute Gasteiger partial charge is 0.271 e. The second-order valence-corrected chi connectivity index (χ2v) is 8.00. The molecule has 18 heavy (non-hydrogen) atoms. The highest BCUT2D eigenvalue weighted by Gasteiger charge is 2.40. The molecule has 4 nitrogen and oxygen atoms in total. The Kier molecular flexibility index (Phi) is 4.67. The van der Waals surface area contributed by atoms with E-state index in [1.807, 2.05) is 0 Å². The van der Waals surface area contributed by atoms with Gasteiger partial charge in [0.1, 0.15) is 0 Å². The van der Waals surface area contributed by atoms with Crippen LogP contribution in [0.15, 0.2) is 18.2 Å². The van der Waals surface area contributed by atoms with Crippen molar-refractivity contribution in [2.75, 3.05) is 6.26 Å². The van der Waals surface area contributed by atoms with Gasteiger partial charge in [0.2, 0.25) is 0 Å². The maximum Gasteiger partial charge on any atom is 0.154 e. The Bertz CT molecular complexity index is 544. The highest BCUT2D eigenvalue weighted by Crippen LogP contribution is 2.37. The number of hydrogen-bond donors (Lipinski definition) is 2. The summed E-state index contributed by atoms with van der Waals surface area (Å²) >= 11 is 12.0. The topological polar surface area (TPSA) is 72.2 Å². The monoisotopic (exact) mass is 310 g/mol. The molecule has 0 saturated heterocycles. The van der Waals surface area contributed by atoms with E-state index in [2.05, 4.69) is 5.43 Å². The van der Waals surface area contributed by atoms with Gasteiger partial charge in [-0.1, -0.05) is 35.3 Å². The zero-order valence-electron chi connectivity index (χ0n) is 10.4. The molecule has 0 amide bonds. The third-order valence-electron chi connectivity index (χ3n) is 3.11. The molecule has 1 aromatic carbocycles. The number of hydrazine groups is 1. The Hall–Kier alpha value is -0.330. The Morgan fingerprint density at radius 2 is 1.89 bits per heavy atom. The van der Waals surface area contributed by atoms with E-state index in [-0.39, 0.29) is 0 Å². The summed E-state index contributed by atoms with van der Waals surface area (Å²) in [5.74, 6) is 5.49. The first-order valence-electron chi connectivity index (χ1n) is 5.22. The van der Waals surface area contributed by atoms with Gasteiger partial charge >= 0.3 is 0 Å². The first kappa shape index (κ1) is 15.7. The summed E-state index contributed by atoms with van der Waals surface area (Å²) in [5, 5.41) is 0.664. The van der Waals surface area contributed by atoms with E-state index in [9.17, 15) is 8.42 Å². The molecule has 7 heteroatoms. The lowest BCUT2D eigenvalue weighted by Crippen LogP contribution is -2.47. The van der Waals surface area contributed by atoms with Crippen molar-refractivity contribution in [3.05, 3.63) is 33.8 Å². The second kappa shape index (κ2) is 5.35. The second-order valence-electron chi connectivity index (χ2n) is 4.62. The summed E-state index contributed by atoms with van der Waals surface area (Å²) in [4.78, 5) is 0. The van der Waals surface area contributed by atoms with E-state index in [1.165, 1.54) is 0 Å². The Balaban J connectivity index is 3.40. The van der Waals surface area contributed by atoms with Gasteiger partial charge in [-0.3, -0.25) is 11.3 Å². The summed E-state index contributed by atoms with van der Waals surface area (Å²) in [6.07, 6.45) is 1.16. The standard InChI is InChI=1S/C11H16Cl2N2O2S/c1-11(2,18(3,16)17)10(15-14)7-5-4-6-8(12)9(7)13/h4-6,10,15H,14H2,1-3H3. The molecule has 0 saturated carbocycles. The lowest BCUT2D eigenvalue weighted by Gasteiger charge is -2.33. The van der Waals surface area contributed by atoms with Gasteiger partial charge < -0.3 is 0 Å². The van der Waals surface area contributed by atoms with E-state index < -0.39 is 20.6 Å². The molecule has 0 heterocycles. The quantitative estimate of drug-likeness (QED) is 0.661. The SMILES string of the molecule is CC(C)(C(NN)c1cccc(Cl)c1Cl)S(C)(=O)=O. The number of halogens is 2. The van der Waals surface area contributed by atoms with Crippen LogP contribution in [0.1, 0.15) is 25.5 Å². The molecular weight excluding hydrogens is 295 g/mol. The number of hydrogen-bond acceptors (Lipinski definition) is 4. The Labute approximate surface area is 117 Å². The number of rotatable bonds is 4. The molecule has 1 aromatic rings. The van der Waals surface area contributed by atoms with Gasteiger partial charge in [-0.05, 0) is 25.5 Å². The lowest BCUT2D eigenvalue weighted by atomic mass is 9.95. The maximum atomic E-state index is 11.9. The van der Waals surface area contributed by atoms with Crippen LogP contribution in [0, 0.1) is 0 Å². The molecule has 102 valence electrons. The molecule has 0 radical (unpaired) electrons. The van der Waals surface area contributed by atoms with E-state index in [4.69, 9.17) is 29.0 Å². The first-order valence-corrected chi connectivity index (χ1v) is 7.87. The highest BCUT2D eigenvalue weighted by molar-refractivity contribution is 7.92. The lowest BCUT2D eigenvalue weighted by molar-refractivity contribution is 0.428. The summed E-state index contributed by atoms with van der Waals surface area (Å²) < 4.78 is 22.6. The van der Waals surface area contributed by atoms with Crippen molar-refractivity contribution in [3.63, 3.8) is 0 Å². The van der Waals surface area contributed by atoms with E-state index in [0.29, 0.717) is 15.6 Å². The average Bonchev–Trinajstić information content (AvgIpc) is 2.23. The molecule has 1 unspecified atom stereocenters. The molecule has 0 aromatic heterocycles. The Morgan fingerprint density at radius 3 is 2.33 bits per heavy atom. The molecule has 1 rings (SSSR count). The number of sulfone groups is 1. The normalized spacial score (nSPS) is 14.6. The molecule has 0 spiro atoms. The smallest absolute Gasteiger partial charge is 0.154 e. The van der Waals surface area contributed by atoms with Gasteiger partial charge in [-0.2, -0.15) is 0 Å². The molecule has 0 bridgehead atoms. The van der Waals surface area contributed by atoms with Crippen molar-refractivity contribution < 1.29 is 8.42 Å². The van der Waals surface area contributed by atoms with E-state index in [1.54, 1.807) is 32.0 Å². The van der Waals surface area contributed by atoms with Crippen LogP contribution in [0.5, 0.6) is 0 Å². The predicted octanol–water partition coefficient (Wildman–Crippen LogP) is 2.32. The van der Waals surface area contributed by atoms with Crippen molar-refractivity contribution in [2.24, 2.45) is 5.84 Å². The molecule has 1 atom stereocenters. The minimum absolute atomic E-state index is 0.304. The number of benzene rings is 1. The predicted molar refractivity (Wildman–Crippen MR) is 75.4 cm³/mol. The van der Waals surface area contributed by atoms with Crippen molar-refractivity contribution in [1.82, 2.24) is 5.43 Å². The zero-order chi connectivity index (χ0) is 14.1. The maximum absolute atomic E-state index is 11.9. The summed E-state index contributed by atoms with van der Waals surface area (Å²) in [7, 11) is -3.34. The molecule has 3 N–H and O–H groups in total. The summed E-state index contributed by atoms with van der Waals surface area (Å²) in [5.41, 5.74) is 3.07. The van der Waals surface area contributed by atoms with E-state index >= 15 is 0 Å².